The highest BCUT2D eigenvalue weighted by molar-refractivity contribution is 7.99. The van der Waals surface area contributed by atoms with E-state index >= 15 is 0 Å². The van der Waals surface area contributed by atoms with Crippen molar-refractivity contribution in [2.75, 3.05) is 24.7 Å². The van der Waals surface area contributed by atoms with Crippen molar-refractivity contribution >= 4 is 24.4 Å². The van der Waals surface area contributed by atoms with Crippen LogP contribution in [0, 0.1) is 6.92 Å². The number of ether oxygens (including phenoxy) is 1. The topological polar surface area (TPSA) is 22.4 Å². The van der Waals surface area contributed by atoms with E-state index in [1.165, 1.54) is 4.90 Å². The third-order valence-corrected chi connectivity index (χ3v) is 2.82. The Labute approximate surface area is 88.4 Å². The Bertz CT molecular complexity index is 235. The molecule has 0 atom stereocenters. The highest BCUT2D eigenvalue weighted by Crippen LogP contribution is 2.22. The standard InChI is InChI=1S/C9H14O2S2/c1-8-9(2-3-11-8)13-7-5-10-4-6-12/h2-3,12H,4-7H2,1H3. The second kappa shape index (κ2) is 6.40. The molecule has 0 aliphatic heterocycles. The third kappa shape index (κ3) is 4.11. The predicted octanol–water partition coefficient (Wildman–Crippen LogP) is 2.63. The highest BCUT2D eigenvalue weighted by Gasteiger charge is 2.00. The normalized spacial score (nSPS) is 10.6. The van der Waals surface area contributed by atoms with E-state index in [4.69, 9.17) is 9.15 Å². The molecule has 0 spiro atoms. The number of thioether (sulfide) groups is 1. The van der Waals surface area contributed by atoms with Gasteiger partial charge in [-0.2, -0.15) is 12.6 Å². The number of aryl methyl sites for hydroxylation is 1. The van der Waals surface area contributed by atoms with Crippen LogP contribution in [0.1, 0.15) is 5.76 Å². The molecule has 1 aromatic rings. The first-order valence-corrected chi connectivity index (χ1v) is 5.82. The van der Waals surface area contributed by atoms with E-state index in [9.17, 15) is 0 Å². The summed E-state index contributed by atoms with van der Waals surface area (Å²) >= 11 is 5.81. The van der Waals surface area contributed by atoms with Gasteiger partial charge in [0.25, 0.3) is 0 Å². The van der Waals surface area contributed by atoms with Gasteiger partial charge in [-0.15, -0.1) is 11.8 Å². The Balaban J connectivity index is 2.10. The van der Waals surface area contributed by atoms with E-state index in [1.807, 2.05) is 13.0 Å². The van der Waals surface area contributed by atoms with Crippen LogP contribution >= 0.6 is 24.4 Å². The van der Waals surface area contributed by atoms with Crippen LogP contribution in [-0.4, -0.2) is 24.7 Å². The lowest BCUT2D eigenvalue weighted by molar-refractivity contribution is 0.167. The molecule has 1 rings (SSSR count). The molecular weight excluding hydrogens is 204 g/mol. The molecule has 13 heavy (non-hydrogen) atoms. The first kappa shape index (κ1) is 11.0. The zero-order valence-electron chi connectivity index (χ0n) is 7.66. The minimum absolute atomic E-state index is 0.730. The van der Waals surface area contributed by atoms with Crippen molar-refractivity contribution in [3.8, 4) is 0 Å². The summed E-state index contributed by atoms with van der Waals surface area (Å²) in [6.07, 6.45) is 1.71. The maximum absolute atomic E-state index is 5.29. The summed E-state index contributed by atoms with van der Waals surface area (Å²) in [5, 5.41) is 0. The number of rotatable bonds is 6. The monoisotopic (exact) mass is 218 g/mol. The van der Waals surface area contributed by atoms with Gasteiger partial charge in [0.2, 0.25) is 0 Å². The van der Waals surface area contributed by atoms with Crippen molar-refractivity contribution in [1.29, 1.82) is 0 Å². The number of furan rings is 1. The fraction of sp³-hybridized carbons (Fsp3) is 0.556. The minimum atomic E-state index is 0.730. The van der Waals surface area contributed by atoms with Gasteiger partial charge in [-0.05, 0) is 13.0 Å². The van der Waals surface area contributed by atoms with Gasteiger partial charge in [0, 0.05) is 16.4 Å². The van der Waals surface area contributed by atoms with Gasteiger partial charge in [0.05, 0.1) is 19.5 Å². The first-order valence-electron chi connectivity index (χ1n) is 4.20. The largest absolute Gasteiger partial charge is 0.468 e. The molecule has 0 aliphatic carbocycles. The molecule has 0 saturated heterocycles. The molecule has 1 aromatic heterocycles. The van der Waals surface area contributed by atoms with Crippen molar-refractivity contribution in [3.63, 3.8) is 0 Å². The maximum atomic E-state index is 5.29. The second-order valence-electron chi connectivity index (χ2n) is 2.53. The third-order valence-electron chi connectivity index (χ3n) is 1.53. The summed E-state index contributed by atoms with van der Waals surface area (Å²) in [7, 11) is 0. The smallest absolute Gasteiger partial charge is 0.114 e. The van der Waals surface area contributed by atoms with E-state index in [2.05, 4.69) is 12.6 Å². The van der Waals surface area contributed by atoms with Crippen molar-refractivity contribution in [1.82, 2.24) is 0 Å². The van der Waals surface area contributed by atoms with E-state index in [-0.39, 0.29) is 0 Å². The van der Waals surface area contributed by atoms with Gasteiger partial charge < -0.3 is 9.15 Å². The molecule has 0 radical (unpaired) electrons. The van der Waals surface area contributed by atoms with Crippen LogP contribution in [0.4, 0.5) is 0 Å². The summed E-state index contributed by atoms with van der Waals surface area (Å²) in [5.74, 6) is 2.74. The molecule has 0 aliphatic rings. The SMILES string of the molecule is Cc1occc1SCCOCCS. The molecule has 74 valence electrons. The quantitative estimate of drug-likeness (QED) is 0.451. The van der Waals surface area contributed by atoms with Gasteiger partial charge in [0.1, 0.15) is 5.76 Å². The first-order chi connectivity index (χ1) is 6.34. The molecule has 1 heterocycles. The fourth-order valence-electron chi connectivity index (χ4n) is 0.900. The van der Waals surface area contributed by atoms with Crippen LogP contribution in [0.25, 0.3) is 0 Å². The Hall–Kier alpha value is -0.0600. The summed E-state index contributed by atoms with van der Waals surface area (Å²) in [5.41, 5.74) is 0. The van der Waals surface area contributed by atoms with E-state index in [1.54, 1.807) is 18.0 Å². The molecule has 0 unspecified atom stereocenters. The zero-order chi connectivity index (χ0) is 9.52. The number of thiol groups is 1. The maximum Gasteiger partial charge on any atom is 0.114 e. The molecule has 0 amide bonds. The highest BCUT2D eigenvalue weighted by atomic mass is 32.2. The minimum Gasteiger partial charge on any atom is -0.468 e. The molecular formula is C9H14O2S2. The molecule has 4 heteroatoms. The van der Waals surface area contributed by atoms with Gasteiger partial charge in [-0.25, -0.2) is 0 Å². The van der Waals surface area contributed by atoms with Crippen LogP contribution in [0.15, 0.2) is 21.6 Å². The lowest BCUT2D eigenvalue weighted by atomic mass is 10.5. The van der Waals surface area contributed by atoms with Crippen molar-refractivity contribution in [3.05, 3.63) is 18.1 Å². The van der Waals surface area contributed by atoms with E-state index in [0.717, 1.165) is 30.5 Å². The van der Waals surface area contributed by atoms with Crippen molar-refractivity contribution in [2.45, 2.75) is 11.8 Å². The Kier molecular flexibility index (Phi) is 5.43. The fourth-order valence-corrected chi connectivity index (χ4v) is 1.85. The molecule has 0 aromatic carbocycles. The van der Waals surface area contributed by atoms with Gasteiger partial charge >= 0.3 is 0 Å². The Morgan fingerprint density at radius 1 is 1.54 bits per heavy atom. The zero-order valence-corrected chi connectivity index (χ0v) is 9.37. The molecule has 2 nitrogen and oxygen atoms in total. The van der Waals surface area contributed by atoms with Crippen LogP contribution < -0.4 is 0 Å². The lowest BCUT2D eigenvalue weighted by Gasteiger charge is -2.00. The predicted molar refractivity (Wildman–Crippen MR) is 58.8 cm³/mol. The molecule has 0 fully saturated rings. The van der Waals surface area contributed by atoms with Crippen LogP contribution in [0.5, 0.6) is 0 Å². The van der Waals surface area contributed by atoms with Gasteiger partial charge in [0.15, 0.2) is 0 Å². The van der Waals surface area contributed by atoms with Gasteiger partial charge in [-0.1, -0.05) is 0 Å². The Morgan fingerprint density at radius 3 is 3.00 bits per heavy atom. The van der Waals surface area contributed by atoms with Crippen LogP contribution in [-0.2, 0) is 4.74 Å². The average Bonchev–Trinajstić information content (AvgIpc) is 2.52. The van der Waals surface area contributed by atoms with Crippen molar-refractivity contribution in [2.24, 2.45) is 0 Å². The molecule has 0 saturated carbocycles. The summed E-state index contributed by atoms with van der Waals surface area (Å²) in [6, 6.07) is 1.98. The van der Waals surface area contributed by atoms with E-state index in [0.29, 0.717) is 0 Å². The van der Waals surface area contributed by atoms with Crippen LogP contribution in [0.2, 0.25) is 0 Å². The average molecular weight is 218 g/mol. The summed E-state index contributed by atoms with van der Waals surface area (Å²) in [6.45, 7) is 3.47. The molecule has 0 bridgehead atoms. The van der Waals surface area contributed by atoms with Crippen LogP contribution in [0.3, 0.4) is 0 Å². The molecule has 0 N–H and O–H groups in total. The van der Waals surface area contributed by atoms with E-state index < -0.39 is 0 Å². The van der Waals surface area contributed by atoms with Gasteiger partial charge in [-0.3, -0.25) is 0 Å². The second-order valence-corrected chi connectivity index (χ2v) is 4.11. The number of hydrogen-bond acceptors (Lipinski definition) is 4. The Morgan fingerprint density at radius 2 is 2.38 bits per heavy atom. The van der Waals surface area contributed by atoms with Crippen molar-refractivity contribution < 1.29 is 9.15 Å². The summed E-state index contributed by atoms with van der Waals surface area (Å²) < 4.78 is 10.5. The summed E-state index contributed by atoms with van der Waals surface area (Å²) in [4.78, 5) is 1.20. The lowest BCUT2D eigenvalue weighted by Crippen LogP contribution is -1.99. The number of hydrogen-bond donors (Lipinski definition) is 1.